The Kier molecular flexibility index (Phi) is 4.61. The predicted octanol–water partition coefficient (Wildman–Crippen LogP) is 3.30. The number of aromatic nitrogens is 6. The molecule has 1 N–H and O–H groups in total. The van der Waals surface area contributed by atoms with Crippen molar-refractivity contribution in [3.63, 3.8) is 0 Å². The summed E-state index contributed by atoms with van der Waals surface area (Å²) >= 11 is 0. The van der Waals surface area contributed by atoms with Crippen LogP contribution in [0.25, 0.3) is 11.0 Å². The van der Waals surface area contributed by atoms with Gasteiger partial charge in [-0.25, -0.2) is 9.67 Å². The number of nitrogens with one attached hydrogen (secondary N) is 1. The van der Waals surface area contributed by atoms with Crippen LogP contribution >= 0.6 is 0 Å². The molecule has 0 amide bonds. The fourth-order valence-electron chi connectivity index (χ4n) is 4.44. The van der Waals surface area contributed by atoms with Gasteiger partial charge in [-0.3, -0.25) is 4.68 Å². The second kappa shape index (κ2) is 7.29. The molecule has 3 aromatic rings. The lowest BCUT2D eigenvalue weighted by Crippen LogP contribution is -2.24. The van der Waals surface area contributed by atoms with Gasteiger partial charge in [-0.15, -0.1) is 5.10 Å². The minimum Gasteiger partial charge on any atom is -0.475 e. The van der Waals surface area contributed by atoms with Crippen LogP contribution in [0.5, 0.6) is 5.88 Å². The van der Waals surface area contributed by atoms with E-state index in [-0.39, 0.29) is 0 Å². The Balaban J connectivity index is 1.51. The Bertz CT molecular complexity index is 1030. The van der Waals surface area contributed by atoms with Crippen LogP contribution in [-0.2, 0) is 11.3 Å². The minimum atomic E-state index is 0.361. The van der Waals surface area contributed by atoms with Crippen molar-refractivity contribution in [1.29, 1.82) is 0 Å². The highest BCUT2D eigenvalue weighted by molar-refractivity contribution is 5.79. The van der Waals surface area contributed by atoms with Crippen molar-refractivity contribution in [3.05, 3.63) is 17.6 Å². The summed E-state index contributed by atoms with van der Waals surface area (Å²) in [6.07, 6.45) is 7.27. The van der Waals surface area contributed by atoms with Gasteiger partial charge in [-0.2, -0.15) is 10.1 Å². The van der Waals surface area contributed by atoms with Gasteiger partial charge in [0, 0.05) is 26.3 Å². The highest BCUT2D eigenvalue weighted by atomic mass is 16.5. The van der Waals surface area contributed by atoms with Crippen molar-refractivity contribution in [2.75, 3.05) is 19.0 Å². The zero-order valence-electron chi connectivity index (χ0n) is 17.2. The lowest BCUT2D eigenvalue weighted by atomic mass is 9.93. The smallest absolute Gasteiger partial charge is 0.257 e. The first-order valence-corrected chi connectivity index (χ1v) is 10.4. The number of ether oxygens (including phenoxy) is 2. The van der Waals surface area contributed by atoms with Gasteiger partial charge < -0.3 is 14.8 Å². The van der Waals surface area contributed by atoms with Gasteiger partial charge in [0.15, 0.2) is 5.65 Å². The molecular formula is C20H27N7O2. The fraction of sp³-hybridized carbons (Fsp3) is 0.600. The summed E-state index contributed by atoms with van der Waals surface area (Å²) in [5, 5.41) is 13.8. The van der Waals surface area contributed by atoms with E-state index < -0.39 is 0 Å². The first-order valence-electron chi connectivity index (χ1n) is 10.4. The summed E-state index contributed by atoms with van der Waals surface area (Å²) < 4.78 is 15.6. The average Bonchev–Trinajstić information content (AvgIpc) is 3.21. The molecule has 4 heterocycles. The Hall–Kier alpha value is -2.68. The monoisotopic (exact) mass is 397 g/mol. The maximum Gasteiger partial charge on any atom is 0.257 e. The molecule has 1 aliphatic heterocycles. The highest BCUT2D eigenvalue weighted by Crippen LogP contribution is 2.37. The van der Waals surface area contributed by atoms with Crippen molar-refractivity contribution in [1.82, 2.24) is 29.5 Å². The Labute approximate surface area is 169 Å². The van der Waals surface area contributed by atoms with E-state index in [4.69, 9.17) is 19.6 Å². The van der Waals surface area contributed by atoms with Gasteiger partial charge in [0.25, 0.3) is 5.88 Å². The van der Waals surface area contributed by atoms with Gasteiger partial charge in [0.1, 0.15) is 5.69 Å². The number of aryl methyl sites for hydroxylation is 2. The first kappa shape index (κ1) is 18.4. The predicted molar refractivity (Wildman–Crippen MR) is 109 cm³/mol. The van der Waals surface area contributed by atoms with E-state index >= 15 is 0 Å². The Morgan fingerprint density at radius 3 is 2.79 bits per heavy atom. The standard InChI is InChI=1S/C20H27N7O2/c1-12-16-11-21-20-22-17-13(2)27(14-5-7-15(28-3)8-6-14)25-19(17)29-10-4-9-26(24-12)18(16)23-20/h11,14-15H,4-10H2,1-3H3,(H,21,22,23). The van der Waals surface area contributed by atoms with Crippen molar-refractivity contribution >= 4 is 22.7 Å². The van der Waals surface area contributed by atoms with Crippen LogP contribution in [0, 0.1) is 13.8 Å². The maximum atomic E-state index is 6.08. The molecule has 1 fully saturated rings. The van der Waals surface area contributed by atoms with Crippen LogP contribution in [0.4, 0.5) is 11.6 Å². The van der Waals surface area contributed by atoms with Gasteiger partial charge in [-0.05, 0) is 39.5 Å². The largest absolute Gasteiger partial charge is 0.475 e. The third kappa shape index (κ3) is 3.23. The van der Waals surface area contributed by atoms with Crippen LogP contribution in [0.1, 0.15) is 49.5 Å². The van der Waals surface area contributed by atoms with Crippen molar-refractivity contribution < 1.29 is 9.47 Å². The third-order valence-electron chi connectivity index (χ3n) is 6.10. The molecule has 154 valence electrons. The maximum absolute atomic E-state index is 6.08. The SMILES string of the molecule is COC1CCC(n2nc3c(c2C)Nc2ncc4c(C)nn(c4n2)CCCO3)CC1. The van der Waals surface area contributed by atoms with Crippen molar-refractivity contribution in [2.24, 2.45) is 0 Å². The average molecular weight is 397 g/mol. The fourth-order valence-corrected chi connectivity index (χ4v) is 4.44. The number of hydrogen-bond acceptors (Lipinski definition) is 7. The van der Waals surface area contributed by atoms with Crippen molar-refractivity contribution in [3.8, 4) is 5.88 Å². The molecule has 1 saturated carbocycles. The second-order valence-corrected chi connectivity index (χ2v) is 7.94. The molecule has 0 aromatic carbocycles. The molecule has 1 aliphatic carbocycles. The van der Waals surface area contributed by atoms with Gasteiger partial charge in [0.2, 0.25) is 5.95 Å². The topological polar surface area (TPSA) is 91.9 Å². The Morgan fingerprint density at radius 1 is 1.17 bits per heavy atom. The summed E-state index contributed by atoms with van der Waals surface area (Å²) in [5.74, 6) is 1.16. The van der Waals surface area contributed by atoms with E-state index in [2.05, 4.69) is 27.0 Å². The molecule has 9 nitrogen and oxygen atoms in total. The van der Waals surface area contributed by atoms with E-state index in [0.29, 0.717) is 30.6 Å². The molecule has 0 spiro atoms. The summed E-state index contributed by atoms with van der Waals surface area (Å²) in [6, 6.07) is 0.361. The lowest BCUT2D eigenvalue weighted by molar-refractivity contribution is 0.0563. The number of fused-ring (bicyclic) bond motifs is 2. The quantitative estimate of drug-likeness (QED) is 0.709. The van der Waals surface area contributed by atoms with Crippen LogP contribution in [0.3, 0.4) is 0 Å². The third-order valence-corrected chi connectivity index (χ3v) is 6.10. The van der Waals surface area contributed by atoms with Gasteiger partial charge in [0.05, 0.1) is 35.5 Å². The van der Waals surface area contributed by atoms with Crippen LogP contribution in [0.2, 0.25) is 0 Å². The van der Waals surface area contributed by atoms with E-state index in [1.807, 2.05) is 17.8 Å². The molecule has 2 aliphatic rings. The molecule has 0 saturated heterocycles. The lowest BCUT2D eigenvalue weighted by Gasteiger charge is -2.28. The molecule has 5 rings (SSSR count). The van der Waals surface area contributed by atoms with Gasteiger partial charge >= 0.3 is 0 Å². The van der Waals surface area contributed by atoms with E-state index in [1.54, 1.807) is 7.11 Å². The Morgan fingerprint density at radius 2 is 2.00 bits per heavy atom. The molecular weight excluding hydrogens is 370 g/mol. The first-order chi connectivity index (χ1) is 14.1. The summed E-state index contributed by atoms with van der Waals surface area (Å²) in [7, 11) is 1.80. The number of nitrogens with zero attached hydrogens (tertiary/aromatic N) is 6. The summed E-state index contributed by atoms with van der Waals surface area (Å²) in [4.78, 5) is 9.24. The molecule has 29 heavy (non-hydrogen) atoms. The number of rotatable bonds is 2. The van der Waals surface area contributed by atoms with Crippen LogP contribution in [-0.4, -0.2) is 49.3 Å². The number of anilines is 2. The highest BCUT2D eigenvalue weighted by Gasteiger charge is 2.27. The molecule has 0 atom stereocenters. The van der Waals surface area contributed by atoms with Gasteiger partial charge in [-0.1, -0.05) is 0 Å². The van der Waals surface area contributed by atoms with Crippen molar-refractivity contribution in [2.45, 2.75) is 64.6 Å². The molecule has 2 bridgehead atoms. The zero-order valence-corrected chi connectivity index (χ0v) is 17.2. The summed E-state index contributed by atoms with van der Waals surface area (Å²) in [6.45, 7) is 5.39. The van der Waals surface area contributed by atoms with E-state index in [0.717, 1.165) is 66.8 Å². The molecule has 9 heteroatoms. The summed E-state index contributed by atoms with van der Waals surface area (Å²) in [5.41, 5.74) is 3.70. The zero-order chi connectivity index (χ0) is 20.0. The van der Waals surface area contributed by atoms with E-state index in [9.17, 15) is 0 Å². The van der Waals surface area contributed by atoms with Crippen LogP contribution in [0.15, 0.2) is 6.20 Å². The number of hydrogen-bond donors (Lipinski definition) is 1. The molecule has 0 unspecified atom stereocenters. The molecule has 3 aromatic heterocycles. The molecule has 0 radical (unpaired) electrons. The minimum absolute atomic E-state index is 0.361. The normalized spacial score (nSPS) is 22.0. The number of methoxy groups -OCH3 is 1. The van der Waals surface area contributed by atoms with E-state index in [1.165, 1.54) is 0 Å². The second-order valence-electron chi connectivity index (χ2n) is 7.94. The van der Waals surface area contributed by atoms with Crippen LogP contribution < -0.4 is 10.1 Å².